The quantitative estimate of drug-likeness (QED) is 0.273. The number of benzene rings is 1. The van der Waals surface area contributed by atoms with E-state index in [0.717, 1.165) is 58.1 Å². The number of hydrogen-bond acceptors (Lipinski definition) is 4. The Morgan fingerprint density at radius 2 is 1.75 bits per heavy atom. The van der Waals surface area contributed by atoms with Crippen molar-refractivity contribution < 1.29 is 9.47 Å². The van der Waals surface area contributed by atoms with E-state index in [-0.39, 0.29) is 0 Å². The van der Waals surface area contributed by atoms with E-state index in [2.05, 4.69) is 66.6 Å². The summed E-state index contributed by atoms with van der Waals surface area (Å²) in [5, 5.41) is 6.80. The minimum Gasteiger partial charge on any atom is -0.382 e. The highest BCUT2D eigenvalue weighted by Gasteiger charge is 2.17. The van der Waals surface area contributed by atoms with E-state index >= 15 is 0 Å². The van der Waals surface area contributed by atoms with Gasteiger partial charge in [-0.2, -0.15) is 0 Å². The Balaban J connectivity index is 2.54. The van der Waals surface area contributed by atoms with Crippen LogP contribution in [0, 0.1) is 0 Å². The summed E-state index contributed by atoms with van der Waals surface area (Å²) in [4.78, 5) is 7.33. The zero-order valence-electron chi connectivity index (χ0n) is 18.2. The van der Waals surface area contributed by atoms with Gasteiger partial charge in [0.1, 0.15) is 0 Å². The fourth-order valence-electron chi connectivity index (χ4n) is 3.07. The highest BCUT2D eigenvalue weighted by Crippen LogP contribution is 2.20. The zero-order chi connectivity index (χ0) is 20.5. The lowest BCUT2D eigenvalue weighted by molar-refractivity contribution is 0.0689. The maximum absolute atomic E-state index is 5.50. The van der Waals surface area contributed by atoms with Crippen LogP contribution in [0.4, 0.5) is 0 Å². The summed E-state index contributed by atoms with van der Waals surface area (Å²) in [6, 6.07) is 11.0. The summed E-state index contributed by atoms with van der Waals surface area (Å²) >= 11 is 0. The highest BCUT2D eigenvalue weighted by atomic mass is 16.5. The first-order valence-electron chi connectivity index (χ1n) is 10.6. The summed E-state index contributed by atoms with van der Waals surface area (Å²) in [7, 11) is 1.69. The lowest BCUT2D eigenvalue weighted by Gasteiger charge is -2.29. The van der Waals surface area contributed by atoms with E-state index in [1.165, 1.54) is 5.56 Å². The fourth-order valence-corrected chi connectivity index (χ4v) is 3.07. The fraction of sp³-hybridized carbons (Fsp3) is 0.682. The topological polar surface area (TPSA) is 58.1 Å². The second-order valence-corrected chi connectivity index (χ2v) is 6.61. The van der Waals surface area contributed by atoms with Gasteiger partial charge in [0.25, 0.3) is 0 Å². The van der Waals surface area contributed by atoms with Crippen LogP contribution in [0.3, 0.4) is 0 Å². The predicted octanol–water partition coefficient (Wildman–Crippen LogP) is 3.07. The minimum absolute atomic E-state index is 0.292. The molecule has 0 aliphatic rings. The van der Waals surface area contributed by atoms with Gasteiger partial charge < -0.3 is 20.1 Å². The van der Waals surface area contributed by atoms with Gasteiger partial charge in [0.15, 0.2) is 5.96 Å². The number of guanidine groups is 1. The van der Waals surface area contributed by atoms with Crippen LogP contribution in [-0.2, 0) is 9.47 Å². The molecule has 1 aromatic carbocycles. The van der Waals surface area contributed by atoms with Gasteiger partial charge >= 0.3 is 0 Å². The van der Waals surface area contributed by atoms with Crippen LogP contribution in [-0.4, -0.2) is 70.5 Å². The smallest absolute Gasteiger partial charge is 0.191 e. The maximum Gasteiger partial charge on any atom is 0.191 e. The maximum atomic E-state index is 5.50. The minimum atomic E-state index is 0.292. The number of nitrogens with one attached hydrogen (secondary N) is 2. The van der Waals surface area contributed by atoms with E-state index in [1.54, 1.807) is 7.11 Å². The average Bonchev–Trinajstić information content (AvgIpc) is 2.73. The van der Waals surface area contributed by atoms with Crippen LogP contribution in [0.15, 0.2) is 35.3 Å². The van der Waals surface area contributed by atoms with E-state index in [0.29, 0.717) is 19.3 Å². The van der Waals surface area contributed by atoms with Gasteiger partial charge in [-0.1, -0.05) is 44.2 Å². The number of methoxy groups -OCH3 is 1. The highest BCUT2D eigenvalue weighted by molar-refractivity contribution is 5.79. The Labute approximate surface area is 171 Å². The molecule has 1 aromatic rings. The summed E-state index contributed by atoms with van der Waals surface area (Å²) in [6.45, 7) is 13.1. The Morgan fingerprint density at radius 1 is 1.00 bits per heavy atom. The second kappa shape index (κ2) is 16.3. The number of ether oxygens (including phenoxy) is 2. The molecule has 0 spiro atoms. The molecule has 1 atom stereocenters. The third kappa shape index (κ3) is 10.1. The molecule has 0 saturated carbocycles. The lowest BCUT2D eigenvalue weighted by atomic mass is 10.1. The molecule has 6 nitrogen and oxygen atoms in total. The molecule has 0 radical (unpaired) electrons. The number of aliphatic imine (C=N–C) groups is 1. The van der Waals surface area contributed by atoms with Crippen molar-refractivity contribution in [1.29, 1.82) is 0 Å². The van der Waals surface area contributed by atoms with Crippen LogP contribution in [0.5, 0.6) is 0 Å². The molecule has 0 fully saturated rings. The third-order valence-corrected chi connectivity index (χ3v) is 4.64. The monoisotopic (exact) mass is 392 g/mol. The first-order valence-corrected chi connectivity index (χ1v) is 10.6. The molecule has 0 amide bonds. The van der Waals surface area contributed by atoms with Crippen molar-refractivity contribution in [2.24, 2.45) is 4.99 Å². The molecule has 28 heavy (non-hydrogen) atoms. The Hall–Kier alpha value is -1.63. The van der Waals surface area contributed by atoms with Crippen molar-refractivity contribution in [1.82, 2.24) is 15.5 Å². The van der Waals surface area contributed by atoms with Crippen molar-refractivity contribution >= 4 is 5.96 Å². The van der Waals surface area contributed by atoms with E-state index in [4.69, 9.17) is 14.5 Å². The second-order valence-electron chi connectivity index (χ2n) is 6.61. The van der Waals surface area contributed by atoms with Gasteiger partial charge in [0, 0.05) is 26.8 Å². The molecule has 0 aromatic heterocycles. The van der Waals surface area contributed by atoms with Crippen molar-refractivity contribution in [2.75, 3.05) is 59.7 Å². The number of unbranched alkanes of at least 4 members (excludes halogenated alkanes) is 1. The number of likely N-dealkylation sites (N-methyl/N-ethyl adjacent to an activating group) is 1. The standard InChI is InChI=1S/C22H40N4O2/c1-5-23-22(24-15-11-12-16-28-18-17-27-4)25-19-21(26(6-2)7-3)20-13-9-8-10-14-20/h8-10,13-14,21H,5-7,11-12,15-19H2,1-4H3,(H2,23,24,25). The van der Waals surface area contributed by atoms with Crippen LogP contribution >= 0.6 is 0 Å². The largest absolute Gasteiger partial charge is 0.382 e. The Bertz CT molecular complexity index is 507. The molecule has 1 unspecified atom stereocenters. The van der Waals surface area contributed by atoms with Gasteiger partial charge in [0.05, 0.1) is 25.8 Å². The van der Waals surface area contributed by atoms with Crippen LogP contribution in [0.2, 0.25) is 0 Å². The molecule has 0 aliphatic heterocycles. The normalized spacial score (nSPS) is 13.0. The molecular weight excluding hydrogens is 352 g/mol. The zero-order valence-corrected chi connectivity index (χ0v) is 18.2. The summed E-state index contributed by atoms with van der Waals surface area (Å²) in [5.74, 6) is 0.885. The summed E-state index contributed by atoms with van der Waals surface area (Å²) in [6.07, 6.45) is 2.08. The van der Waals surface area contributed by atoms with Gasteiger partial charge in [-0.15, -0.1) is 0 Å². The first-order chi connectivity index (χ1) is 13.8. The Kier molecular flexibility index (Phi) is 14.2. The van der Waals surface area contributed by atoms with Gasteiger partial charge in [-0.3, -0.25) is 9.89 Å². The summed E-state index contributed by atoms with van der Waals surface area (Å²) < 4.78 is 10.5. The third-order valence-electron chi connectivity index (χ3n) is 4.64. The van der Waals surface area contributed by atoms with Crippen LogP contribution in [0.25, 0.3) is 0 Å². The van der Waals surface area contributed by atoms with Gasteiger partial charge in [-0.05, 0) is 38.4 Å². The predicted molar refractivity (Wildman–Crippen MR) is 118 cm³/mol. The summed E-state index contributed by atoms with van der Waals surface area (Å²) in [5.41, 5.74) is 1.32. The number of hydrogen-bond donors (Lipinski definition) is 2. The van der Waals surface area contributed by atoms with E-state index in [9.17, 15) is 0 Å². The molecule has 0 saturated heterocycles. The van der Waals surface area contributed by atoms with Crippen LogP contribution in [0.1, 0.15) is 45.2 Å². The molecule has 6 heteroatoms. The van der Waals surface area contributed by atoms with Crippen molar-refractivity contribution in [3.05, 3.63) is 35.9 Å². The average molecular weight is 393 g/mol. The molecule has 0 bridgehead atoms. The van der Waals surface area contributed by atoms with E-state index < -0.39 is 0 Å². The Morgan fingerprint density at radius 3 is 2.39 bits per heavy atom. The molecule has 0 heterocycles. The number of rotatable bonds is 15. The first kappa shape index (κ1) is 24.4. The van der Waals surface area contributed by atoms with Crippen molar-refractivity contribution in [3.8, 4) is 0 Å². The lowest BCUT2D eigenvalue weighted by Crippen LogP contribution is -2.39. The number of nitrogens with zero attached hydrogens (tertiary/aromatic N) is 2. The molecular formula is C22H40N4O2. The van der Waals surface area contributed by atoms with E-state index in [1.807, 2.05) is 0 Å². The SMILES string of the molecule is CCNC(=NCC(c1ccccc1)N(CC)CC)NCCCCOCCOC. The van der Waals surface area contributed by atoms with Crippen molar-refractivity contribution in [3.63, 3.8) is 0 Å². The molecule has 2 N–H and O–H groups in total. The van der Waals surface area contributed by atoms with Crippen LogP contribution < -0.4 is 10.6 Å². The van der Waals surface area contributed by atoms with Gasteiger partial charge in [0.2, 0.25) is 0 Å². The van der Waals surface area contributed by atoms with Gasteiger partial charge in [-0.25, -0.2) is 0 Å². The molecule has 160 valence electrons. The molecule has 1 rings (SSSR count). The molecule has 0 aliphatic carbocycles. The van der Waals surface area contributed by atoms with Crippen molar-refractivity contribution in [2.45, 2.75) is 39.7 Å².